The highest BCUT2D eigenvalue weighted by Gasteiger charge is 2.16. The smallest absolute Gasteiger partial charge is 0.123 e. The Morgan fingerprint density at radius 1 is 1.05 bits per heavy atom. The summed E-state index contributed by atoms with van der Waals surface area (Å²) in [6.07, 6.45) is 2.01. The van der Waals surface area contributed by atoms with Crippen LogP contribution in [0.25, 0.3) is 0 Å². The average molecular weight is 284 g/mol. The van der Waals surface area contributed by atoms with Crippen molar-refractivity contribution in [3.63, 3.8) is 0 Å². The predicted octanol–water partition coefficient (Wildman–Crippen LogP) is 3.27. The molecule has 0 aromatic heterocycles. The van der Waals surface area contributed by atoms with Crippen LogP contribution < -0.4 is 5.73 Å². The van der Waals surface area contributed by atoms with E-state index in [0.717, 1.165) is 38.0 Å². The van der Waals surface area contributed by atoms with Gasteiger partial charge in [-0.1, -0.05) is 36.4 Å². The molecule has 0 amide bonds. The van der Waals surface area contributed by atoms with Gasteiger partial charge in [0.25, 0.3) is 0 Å². The number of nitrogens with two attached hydrogens (primary N) is 1. The molecule has 1 heterocycles. The number of hydrogen-bond donors (Lipinski definition) is 1. The Hall–Kier alpha value is -1.71. The van der Waals surface area contributed by atoms with Gasteiger partial charge in [0.05, 0.1) is 0 Å². The van der Waals surface area contributed by atoms with Crippen LogP contribution in [0.4, 0.5) is 4.39 Å². The second-order valence-electron chi connectivity index (χ2n) is 5.74. The predicted molar refractivity (Wildman–Crippen MR) is 83.4 cm³/mol. The monoisotopic (exact) mass is 284 g/mol. The molecule has 2 N–H and O–H groups in total. The SMILES string of the molecule is NC(CCN1CCc2ccccc2C1)c1ccc(F)cc1. The quantitative estimate of drug-likeness (QED) is 0.933. The summed E-state index contributed by atoms with van der Waals surface area (Å²) < 4.78 is 12.9. The zero-order valence-corrected chi connectivity index (χ0v) is 12.1. The lowest BCUT2D eigenvalue weighted by Crippen LogP contribution is -2.32. The Morgan fingerprint density at radius 3 is 2.52 bits per heavy atom. The van der Waals surface area contributed by atoms with Crippen LogP contribution in [0.15, 0.2) is 48.5 Å². The molecule has 0 bridgehead atoms. The van der Waals surface area contributed by atoms with E-state index in [0.29, 0.717) is 0 Å². The molecule has 110 valence electrons. The fraction of sp³-hybridized carbons (Fsp3) is 0.333. The summed E-state index contributed by atoms with van der Waals surface area (Å²) in [6, 6.07) is 15.1. The summed E-state index contributed by atoms with van der Waals surface area (Å²) in [4.78, 5) is 2.45. The first kappa shape index (κ1) is 14.2. The van der Waals surface area contributed by atoms with Crippen molar-refractivity contribution < 1.29 is 4.39 Å². The van der Waals surface area contributed by atoms with E-state index in [2.05, 4.69) is 29.2 Å². The molecule has 0 radical (unpaired) electrons. The van der Waals surface area contributed by atoms with Crippen molar-refractivity contribution in [2.75, 3.05) is 13.1 Å². The average Bonchev–Trinajstić information content (AvgIpc) is 2.53. The maximum Gasteiger partial charge on any atom is 0.123 e. The molecule has 0 saturated carbocycles. The van der Waals surface area contributed by atoms with Crippen LogP contribution in [0.2, 0.25) is 0 Å². The maximum absolute atomic E-state index is 12.9. The minimum atomic E-state index is -0.210. The van der Waals surface area contributed by atoms with E-state index in [-0.39, 0.29) is 11.9 Å². The summed E-state index contributed by atoms with van der Waals surface area (Å²) in [5.74, 6) is -0.210. The Bertz CT molecular complexity index is 594. The third-order valence-corrected chi connectivity index (χ3v) is 4.26. The lowest BCUT2D eigenvalue weighted by atomic mass is 9.99. The first-order valence-corrected chi connectivity index (χ1v) is 7.52. The van der Waals surface area contributed by atoms with Gasteiger partial charge in [-0.15, -0.1) is 0 Å². The van der Waals surface area contributed by atoms with E-state index in [1.165, 1.54) is 23.3 Å². The van der Waals surface area contributed by atoms with Crippen LogP contribution in [-0.2, 0) is 13.0 Å². The molecule has 2 aromatic rings. The van der Waals surface area contributed by atoms with E-state index in [1.807, 2.05) is 0 Å². The number of hydrogen-bond acceptors (Lipinski definition) is 2. The summed E-state index contributed by atoms with van der Waals surface area (Å²) in [6.45, 7) is 3.08. The largest absolute Gasteiger partial charge is 0.324 e. The Kier molecular flexibility index (Phi) is 4.32. The van der Waals surface area contributed by atoms with Crippen molar-refractivity contribution in [1.82, 2.24) is 4.90 Å². The number of nitrogens with zero attached hydrogens (tertiary/aromatic N) is 1. The molecule has 1 unspecified atom stereocenters. The standard InChI is InChI=1S/C18H21FN2/c19-17-7-5-15(6-8-17)18(20)10-12-21-11-9-14-3-1-2-4-16(14)13-21/h1-8,18H,9-13,20H2. The fourth-order valence-corrected chi connectivity index (χ4v) is 2.94. The van der Waals surface area contributed by atoms with Gasteiger partial charge in [0.2, 0.25) is 0 Å². The lowest BCUT2D eigenvalue weighted by molar-refractivity contribution is 0.244. The number of fused-ring (bicyclic) bond motifs is 1. The van der Waals surface area contributed by atoms with Gasteiger partial charge in [0.15, 0.2) is 0 Å². The van der Waals surface area contributed by atoms with Crippen LogP contribution in [0.5, 0.6) is 0 Å². The topological polar surface area (TPSA) is 29.3 Å². The van der Waals surface area contributed by atoms with Crippen molar-refractivity contribution in [2.45, 2.75) is 25.4 Å². The molecular formula is C18H21FN2. The molecule has 0 fully saturated rings. The molecule has 2 aromatic carbocycles. The Balaban J connectivity index is 1.55. The van der Waals surface area contributed by atoms with E-state index in [9.17, 15) is 4.39 Å². The highest BCUT2D eigenvalue weighted by atomic mass is 19.1. The van der Waals surface area contributed by atoms with Gasteiger partial charge in [-0.3, -0.25) is 4.90 Å². The minimum Gasteiger partial charge on any atom is -0.324 e. The van der Waals surface area contributed by atoms with Crippen molar-refractivity contribution >= 4 is 0 Å². The Labute approximate surface area is 125 Å². The molecule has 0 saturated heterocycles. The summed E-state index contributed by atoms with van der Waals surface area (Å²) >= 11 is 0. The zero-order valence-electron chi connectivity index (χ0n) is 12.1. The molecule has 2 nitrogen and oxygen atoms in total. The highest BCUT2D eigenvalue weighted by molar-refractivity contribution is 5.29. The summed E-state index contributed by atoms with van der Waals surface area (Å²) in [5, 5.41) is 0. The van der Waals surface area contributed by atoms with E-state index >= 15 is 0 Å². The second kappa shape index (κ2) is 6.37. The van der Waals surface area contributed by atoms with Gasteiger partial charge in [-0.05, 0) is 41.7 Å². The van der Waals surface area contributed by atoms with E-state index in [4.69, 9.17) is 5.73 Å². The molecule has 0 aliphatic carbocycles. The van der Waals surface area contributed by atoms with Crippen LogP contribution >= 0.6 is 0 Å². The third-order valence-electron chi connectivity index (χ3n) is 4.26. The third kappa shape index (κ3) is 3.49. The van der Waals surface area contributed by atoms with Crippen molar-refractivity contribution in [1.29, 1.82) is 0 Å². The summed E-state index contributed by atoms with van der Waals surface area (Å²) in [7, 11) is 0. The van der Waals surface area contributed by atoms with E-state index in [1.54, 1.807) is 12.1 Å². The first-order valence-electron chi connectivity index (χ1n) is 7.52. The molecule has 3 heteroatoms. The molecule has 1 atom stereocenters. The van der Waals surface area contributed by atoms with Crippen LogP contribution in [0.1, 0.15) is 29.2 Å². The van der Waals surface area contributed by atoms with Gasteiger partial charge < -0.3 is 5.73 Å². The minimum absolute atomic E-state index is 0.0252. The van der Waals surface area contributed by atoms with Crippen molar-refractivity contribution in [3.05, 3.63) is 71.0 Å². The van der Waals surface area contributed by atoms with E-state index < -0.39 is 0 Å². The fourth-order valence-electron chi connectivity index (χ4n) is 2.94. The zero-order chi connectivity index (χ0) is 14.7. The van der Waals surface area contributed by atoms with Crippen LogP contribution in [0, 0.1) is 5.82 Å². The first-order chi connectivity index (χ1) is 10.2. The number of rotatable bonds is 4. The number of halogens is 1. The van der Waals surface area contributed by atoms with Gasteiger partial charge in [0, 0.05) is 25.7 Å². The maximum atomic E-state index is 12.9. The van der Waals surface area contributed by atoms with Crippen LogP contribution in [0.3, 0.4) is 0 Å². The molecule has 21 heavy (non-hydrogen) atoms. The lowest BCUT2D eigenvalue weighted by Gasteiger charge is -2.29. The Morgan fingerprint density at radius 2 is 1.76 bits per heavy atom. The summed E-state index contributed by atoms with van der Waals surface area (Å²) in [5.41, 5.74) is 10.1. The molecule has 0 spiro atoms. The molecular weight excluding hydrogens is 263 g/mol. The molecule has 1 aliphatic rings. The van der Waals surface area contributed by atoms with Gasteiger partial charge >= 0.3 is 0 Å². The molecule has 1 aliphatic heterocycles. The number of benzene rings is 2. The van der Waals surface area contributed by atoms with Crippen molar-refractivity contribution in [2.24, 2.45) is 5.73 Å². The van der Waals surface area contributed by atoms with Gasteiger partial charge in [-0.25, -0.2) is 4.39 Å². The normalized spacial score (nSPS) is 16.5. The highest BCUT2D eigenvalue weighted by Crippen LogP contribution is 2.20. The van der Waals surface area contributed by atoms with Crippen molar-refractivity contribution in [3.8, 4) is 0 Å². The van der Waals surface area contributed by atoms with Crippen LogP contribution in [-0.4, -0.2) is 18.0 Å². The van der Waals surface area contributed by atoms with Gasteiger partial charge in [0.1, 0.15) is 5.82 Å². The van der Waals surface area contributed by atoms with Gasteiger partial charge in [-0.2, -0.15) is 0 Å². The molecule has 3 rings (SSSR count). The second-order valence-corrected chi connectivity index (χ2v) is 5.74.